The molecule has 16 heterocycles. The number of morpholine rings is 1. The van der Waals surface area contributed by atoms with Gasteiger partial charge in [0.1, 0.15) is 51.8 Å². The summed E-state index contributed by atoms with van der Waals surface area (Å²) in [6, 6.07) is 32.1. The Balaban J connectivity index is 0.000000123. The molecular weight excluding hydrogens is 1440 g/mol. The van der Waals surface area contributed by atoms with E-state index in [1.165, 1.54) is 42.0 Å². The summed E-state index contributed by atoms with van der Waals surface area (Å²) in [4.78, 5) is 76.9. The molecular formula is C84H83F3N20O6. The summed E-state index contributed by atoms with van der Waals surface area (Å²) in [6.07, 6.45) is 21.9. The highest BCUT2D eigenvalue weighted by Crippen LogP contribution is 2.41. The number of halogens is 3. The molecule has 0 aliphatic carbocycles. The molecule has 0 unspecified atom stereocenters. The molecule has 10 aromatic heterocycles. The van der Waals surface area contributed by atoms with Gasteiger partial charge in [0.2, 0.25) is 0 Å². The van der Waals surface area contributed by atoms with Gasteiger partial charge in [-0.2, -0.15) is 0 Å². The number of hydrogen-bond donors (Lipinski definition) is 7. The summed E-state index contributed by atoms with van der Waals surface area (Å²) in [5.41, 5.74) is 17.4. The summed E-state index contributed by atoms with van der Waals surface area (Å²) in [6.45, 7) is 16.4. The van der Waals surface area contributed by atoms with Crippen LogP contribution in [0.25, 0.3) is 50.7 Å². The average Bonchev–Trinajstić information content (AvgIpc) is 1.63. The number of aliphatic hydroxyl groups is 1. The van der Waals surface area contributed by atoms with E-state index in [4.69, 9.17) is 14.5 Å². The van der Waals surface area contributed by atoms with E-state index in [-0.39, 0.29) is 53.4 Å². The quantitative estimate of drug-likeness (QED) is 0.0396. The largest absolute Gasteiger partial charge is 0.392 e. The zero-order valence-corrected chi connectivity index (χ0v) is 62.5. The number of rotatable bonds is 19. The van der Waals surface area contributed by atoms with Gasteiger partial charge in [-0.3, -0.25) is 37.4 Å². The van der Waals surface area contributed by atoms with Crippen molar-refractivity contribution in [1.82, 2.24) is 78.4 Å². The molecule has 3 aromatic carbocycles. The van der Waals surface area contributed by atoms with Crippen molar-refractivity contribution in [3.8, 4) is 33.8 Å². The minimum atomic E-state index is -0.345. The molecule has 13 aromatic rings. The Bertz CT molecular complexity index is 5730. The zero-order chi connectivity index (χ0) is 77.4. The van der Waals surface area contributed by atoms with Crippen LogP contribution in [0.5, 0.6) is 0 Å². The fourth-order valence-corrected chi connectivity index (χ4v) is 16.1. The number of β-amino-alcohol motifs (C(OH)–C–C–N with tert-alkyl or cyclic N) is 1. The standard InChI is InChI=1S/C29H31FN6O2.C28H25FN8O2.C27H27FN6O2/c1-3-35(4-2)16-24-20(18-10-12-38-17-18)6-8-26(34-24)33-23-7-5-21(22-14-32-29(37)28(22)23)25-15-31-27-13-19(30)9-11-36(25)27;29-18-5-7-37-24(14-32-26(37)11-18)21-2-3-23(27-22(21)13-33-28(27)38)34-25-4-1-19(12-31-25)36-9-10-39-20(16-36)15-35-8-6-30-17-35;1-16(33-9-2-3-19(35)15-33)17-4-7-24(29-12-17)32-22-6-5-20(21-13-31-27(36)26(21)22)23-14-30-25-11-18(28)8-10-34(23)25/h5-9,11,13,15,18H,3-4,10,12,14,16-17H2,1-2H3,(H,32,37)(H,33,34);1-8,11-12,14,17,20H,9-10,13,15-16H2,(H,31,34)(H,33,38);4-8,10-12,14,16,19,35H,2-3,9,13,15H2,1H3,(H,29,32)(H,31,36)/t18-;20-;16-,19-/m110/s1. The number of aromatic nitrogens is 11. The number of ether oxygens (including phenoxy) is 2. The summed E-state index contributed by atoms with van der Waals surface area (Å²) in [5, 5.41) is 28.9. The smallest absolute Gasteiger partial charge is 0.254 e. The minimum Gasteiger partial charge on any atom is -0.392 e. The summed E-state index contributed by atoms with van der Waals surface area (Å²) >= 11 is 0. The lowest BCUT2D eigenvalue weighted by Gasteiger charge is -2.34. The topological polar surface area (TPSA) is 280 Å². The van der Waals surface area contributed by atoms with Gasteiger partial charge in [0.15, 0.2) is 0 Å². The van der Waals surface area contributed by atoms with Gasteiger partial charge in [-0.25, -0.2) is 48.1 Å². The molecule has 576 valence electrons. The summed E-state index contributed by atoms with van der Waals surface area (Å²) in [5.74, 6) is 0.885. The van der Waals surface area contributed by atoms with Crippen LogP contribution in [0.2, 0.25) is 0 Å². The minimum absolute atomic E-state index is 0.0669. The van der Waals surface area contributed by atoms with Crippen LogP contribution in [0.1, 0.15) is 117 Å². The molecule has 3 amide bonds. The number of nitrogens with one attached hydrogen (secondary N) is 6. The van der Waals surface area contributed by atoms with Crippen LogP contribution in [0.15, 0.2) is 177 Å². The number of carbonyl (C=O) groups is 3. The number of piperidine rings is 1. The Hall–Kier alpha value is -12.4. The fraction of sp³-hybridized carbons (Fsp3) is 0.286. The van der Waals surface area contributed by atoms with Crippen molar-refractivity contribution < 1.29 is 42.1 Å². The van der Waals surface area contributed by atoms with Gasteiger partial charge >= 0.3 is 0 Å². The first kappa shape index (κ1) is 73.4. The maximum Gasteiger partial charge on any atom is 0.254 e. The molecule has 0 radical (unpaired) electrons. The first-order chi connectivity index (χ1) is 55.1. The van der Waals surface area contributed by atoms with Gasteiger partial charge in [0.25, 0.3) is 17.7 Å². The third-order valence-corrected chi connectivity index (χ3v) is 22.1. The molecule has 7 N–H and O–H groups in total. The molecule has 0 bridgehead atoms. The molecule has 3 fully saturated rings. The average molecular weight is 1530 g/mol. The van der Waals surface area contributed by atoms with Crippen LogP contribution in [-0.2, 0) is 42.2 Å². The maximum absolute atomic E-state index is 13.7. The lowest BCUT2D eigenvalue weighted by molar-refractivity contribution is 0.0296. The first-order valence-corrected chi connectivity index (χ1v) is 38.1. The van der Waals surface area contributed by atoms with E-state index in [9.17, 15) is 32.7 Å². The van der Waals surface area contributed by atoms with Gasteiger partial charge in [-0.1, -0.05) is 44.2 Å². The van der Waals surface area contributed by atoms with E-state index in [0.29, 0.717) is 107 Å². The van der Waals surface area contributed by atoms with E-state index in [2.05, 4.69) is 103 Å². The number of imidazole rings is 4. The van der Waals surface area contributed by atoms with Crippen molar-refractivity contribution in [2.45, 2.75) is 96.9 Å². The number of amides is 3. The van der Waals surface area contributed by atoms with Crippen LogP contribution >= 0.6 is 0 Å². The number of carbonyl (C=O) groups excluding carboxylic acids is 3. The maximum atomic E-state index is 13.7. The number of hydrogen-bond acceptors (Lipinski definition) is 19. The highest BCUT2D eigenvalue weighted by Gasteiger charge is 2.33. The lowest BCUT2D eigenvalue weighted by Crippen LogP contribution is -2.44. The number of pyridine rings is 6. The molecule has 3 saturated heterocycles. The SMILES string of the molecule is CCN(CC)Cc1nc(Nc2ccc(-c3cnc4cc(F)ccn34)c3c2C(=O)NC3)ccc1[C@@H]1CCOC1.C[C@@H](c1ccc(Nc2ccc(-c3cnc4cc(F)ccn34)c3c2C(=O)NC3)nc1)N1CCC[C@H](O)C1.O=C1NCc2c(-c3cnc4cc(F)ccn34)ccc(Nc3ccc(N4CCO[C@H](Cn5ccnc5)C4)cn3)c21. The Morgan fingerprint density at radius 2 is 1.12 bits per heavy atom. The predicted molar refractivity (Wildman–Crippen MR) is 422 cm³/mol. The van der Waals surface area contributed by atoms with Crippen molar-refractivity contribution in [3.63, 3.8) is 0 Å². The number of aliphatic hydroxyl groups excluding tert-OH is 1. The molecule has 26 nitrogen and oxygen atoms in total. The van der Waals surface area contributed by atoms with Crippen molar-refractivity contribution in [1.29, 1.82) is 0 Å². The number of fused-ring (bicyclic) bond motifs is 6. The molecule has 29 heteroatoms. The van der Waals surface area contributed by atoms with Gasteiger partial charge in [-0.15, -0.1) is 0 Å². The molecule has 0 saturated carbocycles. The van der Waals surface area contributed by atoms with Crippen LogP contribution < -0.4 is 36.8 Å². The number of benzene rings is 3. The van der Waals surface area contributed by atoms with Crippen LogP contribution in [0.4, 0.5) is 53.4 Å². The van der Waals surface area contributed by atoms with E-state index in [1.54, 1.807) is 49.7 Å². The third-order valence-electron chi connectivity index (χ3n) is 22.1. The second-order valence-electron chi connectivity index (χ2n) is 28.9. The Morgan fingerprint density at radius 1 is 0.584 bits per heavy atom. The van der Waals surface area contributed by atoms with Crippen molar-refractivity contribution in [2.75, 3.05) is 79.9 Å². The second-order valence-corrected chi connectivity index (χ2v) is 28.9. The Labute approximate surface area is 648 Å². The van der Waals surface area contributed by atoms with E-state index >= 15 is 0 Å². The molecule has 0 spiro atoms. The molecule has 113 heavy (non-hydrogen) atoms. The molecule has 6 aliphatic heterocycles. The zero-order valence-electron chi connectivity index (χ0n) is 62.5. The highest BCUT2D eigenvalue weighted by molar-refractivity contribution is 6.08. The monoisotopic (exact) mass is 1520 g/mol. The summed E-state index contributed by atoms with van der Waals surface area (Å²) < 4.78 is 60.1. The number of nitrogens with zero attached hydrogens (tertiary/aromatic N) is 14. The number of likely N-dealkylation sites (tertiary alicyclic amines) is 1. The fourth-order valence-electron chi connectivity index (χ4n) is 16.1. The second kappa shape index (κ2) is 31.8. The molecule has 6 aliphatic rings. The van der Waals surface area contributed by atoms with Gasteiger partial charge in [0, 0.05) is 136 Å². The summed E-state index contributed by atoms with van der Waals surface area (Å²) in [7, 11) is 0. The lowest BCUT2D eigenvalue weighted by atomic mass is 9.96. The van der Waals surface area contributed by atoms with Crippen LogP contribution in [0, 0.1) is 17.5 Å². The van der Waals surface area contributed by atoms with Gasteiger partial charge < -0.3 is 55.9 Å². The van der Waals surface area contributed by atoms with Crippen molar-refractivity contribution >= 4 is 74.9 Å². The number of anilines is 7. The van der Waals surface area contributed by atoms with Gasteiger partial charge in [0.05, 0.1) is 125 Å². The van der Waals surface area contributed by atoms with E-state index in [0.717, 1.165) is 146 Å². The molecule has 19 rings (SSSR count). The van der Waals surface area contributed by atoms with Crippen LogP contribution in [0.3, 0.4) is 0 Å². The molecule has 4 atom stereocenters. The van der Waals surface area contributed by atoms with Crippen molar-refractivity contribution in [3.05, 3.63) is 245 Å². The normalized spacial score (nSPS) is 17.5. The van der Waals surface area contributed by atoms with E-state index < -0.39 is 0 Å². The van der Waals surface area contributed by atoms with Crippen molar-refractivity contribution in [2.24, 2.45) is 0 Å². The first-order valence-electron chi connectivity index (χ1n) is 38.1. The predicted octanol–water partition coefficient (Wildman–Crippen LogP) is 12.5. The third kappa shape index (κ3) is 15.1. The van der Waals surface area contributed by atoms with Crippen LogP contribution in [-0.4, -0.2) is 157 Å². The Kier molecular flexibility index (Phi) is 20.6. The van der Waals surface area contributed by atoms with Gasteiger partial charge in [-0.05, 0) is 134 Å². The Morgan fingerprint density at radius 3 is 1.59 bits per heavy atom. The highest BCUT2D eigenvalue weighted by atomic mass is 19.1. The van der Waals surface area contributed by atoms with E-state index in [1.807, 2.05) is 103 Å².